The number of carboxylic acids is 2. The van der Waals surface area contributed by atoms with Crippen LogP contribution in [0.2, 0.25) is 0 Å². The number of hydrogen-bond acceptors (Lipinski definition) is 9. The van der Waals surface area contributed by atoms with E-state index in [-0.39, 0.29) is 5.78 Å². The van der Waals surface area contributed by atoms with Gasteiger partial charge in [-0.15, -0.1) is 0 Å². The van der Waals surface area contributed by atoms with Crippen LogP contribution in [0.5, 0.6) is 5.75 Å². The second-order valence-electron chi connectivity index (χ2n) is 10.9. The normalized spacial score (nSPS) is 12.4. The number of aliphatic carboxylic acids is 2. The number of carboxylic acid groups (broad SMARTS) is 2. The van der Waals surface area contributed by atoms with Crippen LogP contribution in [0.4, 0.5) is 5.69 Å². The number of nitrogen functional groups attached to an aromatic ring is 1. The molecule has 6 N–H and O–H groups in total. The summed E-state index contributed by atoms with van der Waals surface area (Å²) in [6.45, 7) is 10.7. The second kappa shape index (κ2) is 19.5. The van der Waals surface area contributed by atoms with Crippen molar-refractivity contribution >= 4 is 34.4 Å². The van der Waals surface area contributed by atoms with Gasteiger partial charge < -0.3 is 40.2 Å². The molecule has 248 valence electrons. The molecule has 2 aromatic carbocycles. The van der Waals surface area contributed by atoms with Gasteiger partial charge in [-0.05, 0) is 81.2 Å². The summed E-state index contributed by atoms with van der Waals surface area (Å²) in [4.78, 5) is 35.6. The number of aliphatic hydroxyl groups is 2. The fraction of sp³-hybridized carbons (Fsp3) is 0.500. The minimum Gasteiger partial charge on any atom is -0.494 e. The van der Waals surface area contributed by atoms with Crippen molar-refractivity contribution in [2.45, 2.75) is 84.3 Å². The molecule has 3 aromatic rings. The average Bonchev–Trinajstić information content (AvgIpc) is 3.39. The molecule has 0 aliphatic rings. The molecule has 0 amide bonds. The highest BCUT2D eigenvalue weighted by atomic mass is 16.5. The van der Waals surface area contributed by atoms with Crippen molar-refractivity contribution in [2.24, 2.45) is 0 Å². The van der Waals surface area contributed by atoms with Crippen LogP contribution in [0.1, 0.15) is 87.4 Å². The average molecular weight is 629 g/mol. The van der Waals surface area contributed by atoms with Gasteiger partial charge in [-0.2, -0.15) is 0 Å². The Kier molecular flexibility index (Phi) is 16.1. The maximum Gasteiger partial charge on any atom is 0.335 e. The molecular weight excluding hydrogens is 580 g/mol. The van der Waals surface area contributed by atoms with Gasteiger partial charge in [0.25, 0.3) is 0 Å². The van der Waals surface area contributed by atoms with Crippen LogP contribution in [0.25, 0.3) is 11.0 Å². The maximum atomic E-state index is 13.5. The lowest BCUT2D eigenvalue weighted by Crippen LogP contribution is -2.39. The molecule has 0 bridgehead atoms. The number of nitrogens with zero attached hydrogens (tertiary/aromatic N) is 1. The van der Waals surface area contributed by atoms with E-state index in [4.69, 9.17) is 35.3 Å². The molecule has 1 heterocycles. The molecular formula is C34H48N2O9. The van der Waals surface area contributed by atoms with E-state index in [1.54, 1.807) is 0 Å². The van der Waals surface area contributed by atoms with Crippen molar-refractivity contribution in [3.63, 3.8) is 0 Å². The summed E-state index contributed by atoms with van der Waals surface area (Å²) in [5, 5.41) is 33.3. The number of aryl methyl sites for hydroxylation is 1. The quantitative estimate of drug-likeness (QED) is 0.0673. The first kappa shape index (κ1) is 37.3. The third kappa shape index (κ3) is 11.8. The monoisotopic (exact) mass is 628 g/mol. The largest absolute Gasteiger partial charge is 0.494 e. The topological polar surface area (TPSA) is 184 Å². The van der Waals surface area contributed by atoms with Crippen LogP contribution in [0, 0.1) is 0 Å². The van der Waals surface area contributed by atoms with Gasteiger partial charge in [0.15, 0.2) is 18.0 Å². The zero-order chi connectivity index (χ0) is 33.4. The predicted molar refractivity (Wildman–Crippen MR) is 173 cm³/mol. The summed E-state index contributed by atoms with van der Waals surface area (Å²) >= 11 is 0. The highest BCUT2D eigenvalue weighted by Crippen LogP contribution is 2.31. The molecule has 0 saturated heterocycles. The van der Waals surface area contributed by atoms with Crippen molar-refractivity contribution in [1.29, 1.82) is 0 Å². The molecule has 1 aromatic heterocycles. The molecule has 3 rings (SSSR count). The summed E-state index contributed by atoms with van der Waals surface area (Å²) in [6.07, 6.45) is 4.16. The fourth-order valence-electron chi connectivity index (χ4n) is 4.62. The summed E-state index contributed by atoms with van der Waals surface area (Å²) < 4.78 is 12.0. The van der Waals surface area contributed by atoms with Crippen LogP contribution >= 0.6 is 0 Å². The van der Waals surface area contributed by atoms with Gasteiger partial charge in [-0.25, -0.2) is 9.59 Å². The Morgan fingerprint density at radius 2 is 1.38 bits per heavy atom. The maximum absolute atomic E-state index is 13.5. The standard InChI is InChI=1S/C30H42N2O3.C4H6O6/c1-4-7-11-28-29(26-22-24(31)14-17-27(26)35-28)30(33)23-12-15-25(16-13-23)34-21-10-20-32(18-8-5-2)19-9-6-3;5-1(3(7)8)2(6)4(9)10/h12-17,22H,4-11,18-21,31H2,1-3H3;1-2,5-6H,(H,7,8)(H,9,10). The SMILES string of the molecule is CCCCc1oc2ccc(N)cc2c1C(=O)c1ccc(OCCCN(CCCC)CCCC)cc1.O=C(O)C(O)C(O)C(=O)O. The molecule has 0 spiro atoms. The van der Waals surface area contributed by atoms with E-state index in [2.05, 4.69) is 25.7 Å². The molecule has 45 heavy (non-hydrogen) atoms. The minimum atomic E-state index is -2.27. The number of anilines is 1. The molecule has 11 nitrogen and oxygen atoms in total. The number of hydrogen-bond donors (Lipinski definition) is 5. The van der Waals surface area contributed by atoms with Crippen LogP contribution < -0.4 is 10.5 Å². The summed E-state index contributed by atoms with van der Waals surface area (Å²) in [5.74, 6) is -2.03. The summed E-state index contributed by atoms with van der Waals surface area (Å²) in [5.41, 5.74) is 8.61. The van der Waals surface area contributed by atoms with E-state index >= 15 is 0 Å². The molecule has 2 unspecified atom stereocenters. The smallest absolute Gasteiger partial charge is 0.335 e. The lowest BCUT2D eigenvalue weighted by molar-refractivity contribution is -0.165. The Morgan fingerprint density at radius 1 is 0.822 bits per heavy atom. The van der Waals surface area contributed by atoms with Gasteiger partial charge >= 0.3 is 11.9 Å². The Hall–Kier alpha value is -3.93. The zero-order valence-electron chi connectivity index (χ0n) is 26.5. The molecule has 0 aliphatic heterocycles. The van der Waals surface area contributed by atoms with Crippen LogP contribution in [0.3, 0.4) is 0 Å². The van der Waals surface area contributed by atoms with Crippen molar-refractivity contribution in [3.8, 4) is 5.75 Å². The molecule has 0 aliphatic carbocycles. The number of unbranched alkanes of at least 4 members (excludes halogenated alkanes) is 3. The number of ketones is 1. The Morgan fingerprint density at radius 3 is 1.91 bits per heavy atom. The van der Waals surface area contributed by atoms with Crippen molar-refractivity contribution in [2.75, 3.05) is 32.0 Å². The predicted octanol–water partition coefficient (Wildman–Crippen LogP) is 5.14. The van der Waals surface area contributed by atoms with E-state index in [0.717, 1.165) is 49.1 Å². The number of nitrogens with two attached hydrogens (primary N) is 1. The highest BCUT2D eigenvalue weighted by Gasteiger charge is 2.29. The molecule has 2 atom stereocenters. The first-order valence-electron chi connectivity index (χ1n) is 15.7. The Bertz CT molecular complexity index is 1330. The lowest BCUT2D eigenvalue weighted by Gasteiger charge is -2.21. The lowest BCUT2D eigenvalue weighted by atomic mass is 9.98. The minimum absolute atomic E-state index is 0.0329. The number of ether oxygens (including phenoxy) is 1. The Balaban J connectivity index is 0.000000607. The zero-order valence-corrected chi connectivity index (χ0v) is 26.5. The van der Waals surface area contributed by atoms with Gasteiger partial charge in [-0.3, -0.25) is 4.79 Å². The second-order valence-corrected chi connectivity index (χ2v) is 10.9. The van der Waals surface area contributed by atoms with Gasteiger partial charge in [0.1, 0.15) is 17.1 Å². The van der Waals surface area contributed by atoms with Gasteiger partial charge in [0.2, 0.25) is 0 Å². The number of carbonyl (C=O) groups is 3. The van der Waals surface area contributed by atoms with E-state index in [0.29, 0.717) is 29.0 Å². The van der Waals surface area contributed by atoms with Crippen molar-refractivity contribution in [3.05, 3.63) is 59.4 Å². The molecule has 0 fully saturated rings. The van der Waals surface area contributed by atoms with E-state index in [1.165, 1.54) is 38.8 Å². The van der Waals surface area contributed by atoms with E-state index in [9.17, 15) is 14.4 Å². The Labute approximate surface area is 264 Å². The number of carbonyl (C=O) groups excluding carboxylic acids is 1. The van der Waals surface area contributed by atoms with E-state index < -0.39 is 24.1 Å². The molecule has 0 saturated carbocycles. The summed E-state index contributed by atoms with van der Waals surface area (Å²) in [6, 6.07) is 13.0. The van der Waals surface area contributed by atoms with Crippen LogP contribution in [0.15, 0.2) is 46.9 Å². The number of rotatable bonds is 19. The number of benzene rings is 2. The molecule has 11 heteroatoms. The highest BCUT2D eigenvalue weighted by molar-refractivity contribution is 6.17. The van der Waals surface area contributed by atoms with E-state index in [1.807, 2.05) is 42.5 Å². The van der Waals surface area contributed by atoms with Crippen molar-refractivity contribution < 1.29 is 44.0 Å². The number of furan rings is 1. The number of aliphatic hydroxyl groups excluding tert-OH is 2. The number of fused-ring (bicyclic) bond motifs is 1. The fourth-order valence-corrected chi connectivity index (χ4v) is 4.62. The first-order valence-corrected chi connectivity index (χ1v) is 15.7. The van der Waals surface area contributed by atoms with Crippen LogP contribution in [-0.2, 0) is 16.0 Å². The van der Waals surface area contributed by atoms with Crippen LogP contribution in [-0.4, -0.2) is 81.5 Å². The first-order chi connectivity index (χ1) is 21.5. The summed E-state index contributed by atoms with van der Waals surface area (Å²) in [7, 11) is 0. The van der Waals surface area contributed by atoms with Gasteiger partial charge in [-0.1, -0.05) is 40.0 Å². The third-order valence-corrected chi connectivity index (χ3v) is 7.23. The molecule has 0 radical (unpaired) electrons. The van der Waals surface area contributed by atoms with Gasteiger partial charge in [0.05, 0.1) is 12.2 Å². The van der Waals surface area contributed by atoms with Crippen molar-refractivity contribution in [1.82, 2.24) is 4.90 Å². The van der Waals surface area contributed by atoms with Gasteiger partial charge in [0, 0.05) is 29.6 Å². The third-order valence-electron chi connectivity index (χ3n) is 7.23.